The molecule has 0 spiro atoms. The van der Waals surface area contributed by atoms with Crippen LogP contribution in [0.4, 0.5) is 4.39 Å². The van der Waals surface area contributed by atoms with Crippen molar-refractivity contribution < 1.29 is 28.1 Å². The minimum absolute atomic E-state index is 0.0580. The number of rotatable bonds is 8. The molecule has 1 aliphatic carbocycles. The van der Waals surface area contributed by atoms with Gasteiger partial charge < -0.3 is 24.3 Å². The summed E-state index contributed by atoms with van der Waals surface area (Å²) in [6.45, 7) is 8.12. The van der Waals surface area contributed by atoms with Gasteiger partial charge in [-0.1, -0.05) is 42.5 Å². The molecule has 0 radical (unpaired) electrons. The summed E-state index contributed by atoms with van der Waals surface area (Å²) in [6.07, 6.45) is -0.428. The maximum absolute atomic E-state index is 13.5. The van der Waals surface area contributed by atoms with E-state index in [1.54, 1.807) is 12.1 Å². The van der Waals surface area contributed by atoms with E-state index in [1.165, 1.54) is 12.1 Å². The Morgan fingerprint density at radius 1 is 1.03 bits per heavy atom. The van der Waals surface area contributed by atoms with Gasteiger partial charge in [-0.15, -0.1) is 0 Å². The third-order valence-electron chi connectivity index (χ3n) is 6.22. The fourth-order valence-corrected chi connectivity index (χ4v) is 4.68. The second kappa shape index (κ2) is 10.1. The lowest BCUT2D eigenvalue weighted by Gasteiger charge is -2.43. The van der Waals surface area contributed by atoms with Crippen LogP contribution in [0.1, 0.15) is 51.7 Å². The SMILES string of the molecule is CC(C)NC(=O)[C@@]1(OCc2ccc(F)cc2)C[C@H](OCc2ccccc2)[C@@H]2OC(C)(C)O[C@@H]2C1. The molecule has 4 atom stereocenters. The molecule has 2 aromatic rings. The molecule has 2 aromatic carbocycles. The molecule has 6 nitrogen and oxygen atoms in total. The molecule has 1 aliphatic heterocycles. The summed E-state index contributed by atoms with van der Waals surface area (Å²) in [4.78, 5) is 13.5. The van der Waals surface area contributed by atoms with Crippen LogP contribution in [0.3, 0.4) is 0 Å². The van der Waals surface area contributed by atoms with Gasteiger partial charge in [-0.2, -0.15) is 0 Å². The van der Waals surface area contributed by atoms with Crippen molar-refractivity contribution in [1.82, 2.24) is 5.32 Å². The first-order chi connectivity index (χ1) is 16.2. The van der Waals surface area contributed by atoms with E-state index in [4.69, 9.17) is 18.9 Å². The maximum atomic E-state index is 13.5. The summed E-state index contributed by atoms with van der Waals surface area (Å²) in [7, 11) is 0. The van der Waals surface area contributed by atoms with Gasteiger partial charge in [0.1, 0.15) is 11.9 Å². The van der Waals surface area contributed by atoms with E-state index in [2.05, 4.69) is 5.32 Å². The van der Waals surface area contributed by atoms with Crippen molar-refractivity contribution in [2.45, 2.75) is 89.5 Å². The first-order valence-electron chi connectivity index (χ1n) is 11.9. The highest BCUT2D eigenvalue weighted by Gasteiger charge is 2.58. The van der Waals surface area contributed by atoms with Crippen LogP contribution in [0.15, 0.2) is 54.6 Å². The lowest BCUT2D eigenvalue weighted by Crippen LogP contribution is -2.60. The van der Waals surface area contributed by atoms with Crippen LogP contribution in [-0.4, -0.2) is 41.6 Å². The Kier molecular flexibility index (Phi) is 7.38. The monoisotopic (exact) mass is 471 g/mol. The van der Waals surface area contributed by atoms with Crippen molar-refractivity contribution in [3.63, 3.8) is 0 Å². The van der Waals surface area contributed by atoms with Crippen LogP contribution in [0.25, 0.3) is 0 Å². The number of nitrogens with one attached hydrogen (secondary N) is 1. The molecular weight excluding hydrogens is 437 g/mol. The number of fused-ring (bicyclic) bond motifs is 1. The second-order valence-corrected chi connectivity index (χ2v) is 9.92. The van der Waals surface area contributed by atoms with E-state index < -0.39 is 17.5 Å². The van der Waals surface area contributed by atoms with Gasteiger partial charge in [0.25, 0.3) is 5.91 Å². The number of benzene rings is 2. The van der Waals surface area contributed by atoms with E-state index in [-0.39, 0.29) is 36.6 Å². The fraction of sp³-hybridized carbons (Fsp3) is 0.519. The summed E-state index contributed by atoms with van der Waals surface area (Å²) < 4.78 is 38.5. The van der Waals surface area contributed by atoms with Crippen LogP contribution < -0.4 is 5.32 Å². The van der Waals surface area contributed by atoms with E-state index in [1.807, 2.05) is 58.0 Å². The number of amides is 1. The number of ether oxygens (including phenoxy) is 4. The lowest BCUT2D eigenvalue weighted by molar-refractivity contribution is -0.183. The average molecular weight is 472 g/mol. The molecule has 184 valence electrons. The van der Waals surface area contributed by atoms with Gasteiger partial charge in [-0.3, -0.25) is 4.79 Å². The van der Waals surface area contributed by atoms with Crippen LogP contribution in [-0.2, 0) is 37.0 Å². The highest BCUT2D eigenvalue weighted by atomic mass is 19.1. The largest absolute Gasteiger partial charge is 0.371 e. The average Bonchev–Trinajstić information content (AvgIpc) is 3.11. The zero-order valence-electron chi connectivity index (χ0n) is 20.3. The molecule has 7 heteroatoms. The summed E-state index contributed by atoms with van der Waals surface area (Å²) in [6, 6.07) is 15.9. The Morgan fingerprint density at radius 3 is 2.38 bits per heavy atom. The Bertz CT molecular complexity index is 965. The maximum Gasteiger partial charge on any atom is 0.252 e. The topological polar surface area (TPSA) is 66.0 Å². The minimum atomic E-state index is -1.18. The normalized spacial score (nSPS) is 28.0. The van der Waals surface area contributed by atoms with Gasteiger partial charge in [0.2, 0.25) is 0 Å². The quantitative estimate of drug-likeness (QED) is 0.614. The van der Waals surface area contributed by atoms with Crippen molar-refractivity contribution in [2.24, 2.45) is 0 Å². The van der Waals surface area contributed by atoms with Crippen molar-refractivity contribution in [2.75, 3.05) is 0 Å². The number of carbonyl (C=O) groups excluding carboxylic acids is 1. The fourth-order valence-electron chi connectivity index (χ4n) is 4.68. The van der Waals surface area contributed by atoms with E-state index in [0.717, 1.165) is 11.1 Å². The van der Waals surface area contributed by atoms with Crippen molar-refractivity contribution >= 4 is 5.91 Å². The lowest BCUT2D eigenvalue weighted by atomic mass is 9.78. The van der Waals surface area contributed by atoms with Gasteiger partial charge in [-0.25, -0.2) is 4.39 Å². The van der Waals surface area contributed by atoms with Crippen molar-refractivity contribution in [3.8, 4) is 0 Å². The van der Waals surface area contributed by atoms with Gasteiger partial charge in [0.05, 0.1) is 25.4 Å². The molecule has 1 saturated carbocycles. The van der Waals surface area contributed by atoms with Gasteiger partial charge >= 0.3 is 0 Å². The Hall–Kier alpha value is -2.32. The highest BCUT2D eigenvalue weighted by Crippen LogP contribution is 2.44. The van der Waals surface area contributed by atoms with Crippen LogP contribution in [0.5, 0.6) is 0 Å². The third-order valence-corrected chi connectivity index (χ3v) is 6.22. The van der Waals surface area contributed by atoms with Gasteiger partial charge in [0.15, 0.2) is 11.4 Å². The van der Waals surface area contributed by atoms with Crippen molar-refractivity contribution in [1.29, 1.82) is 0 Å². The molecule has 34 heavy (non-hydrogen) atoms. The summed E-state index contributed by atoms with van der Waals surface area (Å²) in [5.74, 6) is -1.31. The van der Waals surface area contributed by atoms with Crippen LogP contribution in [0, 0.1) is 5.82 Å². The third kappa shape index (κ3) is 5.84. The van der Waals surface area contributed by atoms with Gasteiger partial charge in [-0.05, 0) is 51.0 Å². The smallest absolute Gasteiger partial charge is 0.252 e. The summed E-state index contributed by atoms with van der Waals surface area (Å²) in [5, 5.41) is 3.02. The molecule has 0 unspecified atom stereocenters. The van der Waals surface area contributed by atoms with E-state index >= 15 is 0 Å². The zero-order valence-corrected chi connectivity index (χ0v) is 20.3. The van der Waals surface area contributed by atoms with Gasteiger partial charge in [0, 0.05) is 18.9 Å². The molecule has 1 saturated heterocycles. The van der Waals surface area contributed by atoms with Crippen LogP contribution >= 0.6 is 0 Å². The second-order valence-electron chi connectivity index (χ2n) is 9.92. The standard InChI is InChI=1S/C27H34FNO5/c1-18(2)29-25(30)27(32-17-20-10-12-21(28)13-11-20)14-22(31-16-19-8-6-5-7-9-19)24-23(15-27)33-26(3,4)34-24/h5-13,18,22-24H,14-17H2,1-4H3,(H,29,30)/t22-,23+,24-,27+/m0/s1. The summed E-state index contributed by atoms with van der Waals surface area (Å²) >= 11 is 0. The number of halogens is 1. The predicted octanol–water partition coefficient (Wildman–Crippen LogP) is 4.51. The zero-order chi connectivity index (χ0) is 24.3. The molecule has 4 rings (SSSR count). The molecule has 2 aliphatic rings. The first kappa shape index (κ1) is 24.8. The number of hydrogen-bond acceptors (Lipinski definition) is 5. The number of carbonyl (C=O) groups is 1. The molecule has 1 N–H and O–H groups in total. The Morgan fingerprint density at radius 2 is 1.71 bits per heavy atom. The molecule has 0 bridgehead atoms. The first-order valence-corrected chi connectivity index (χ1v) is 11.9. The molecular formula is C27H34FNO5. The highest BCUT2D eigenvalue weighted by molar-refractivity contribution is 5.85. The molecule has 0 aromatic heterocycles. The minimum Gasteiger partial charge on any atom is -0.371 e. The molecule has 2 fully saturated rings. The Labute approximate surface area is 200 Å². The van der Waals surface area contributed by atoms with E-state index in [0.29, 0.717) is 19.4 Å². The number of hydrogen-bond donors (Lipinski definition) is 1. The Balaban J connectivity index is 1.60. The van der Waals surface area contributed by atoms with Crippen molar-refractivity contribution in [3.05, 3.63) is 71.5 Å². The molecule has 1 heterocycles. The predicted molar refractivity (Wildman–Crippen MR) is 125 cm³/mol. The summed E-state index contributed by atoms with van der Waals surface area (Å²) in [5.41, 5.74) is 0.642. The van der Waals surface area contributed by atoms with Crippen LogP contribution in [0.2, 0.25) is 0 Å². The molecule has 1 amide bonds. The van der Waals surface area contributed by atoms with E-state index in [9.17, 15) is 9.18 Å².